The highest BCUT2D eigenvalue weighted by atomic mass is 32.2. The van der Waals surface area contributed by atoms with Gasteiger partial charge in [0, 0.05) is 47.8 Å². The maximum absolute atomic E-state index is 11.2. The van der Waals surface area contributed by atoms with Crippen LogP contribution in [-0.2, 0) is 17.3 Å². The summed E-state index contributed by atoms with van der Waals surface area (Å²) in [5.74, 6) is 0.870. The zero-order valence-corrected chi connectivity index (χ0v) is 10.4. The number of hydrogen-bond acceptors (Lipinski definition) is 3. The van der Waals surface area contributed by atoms with Crippen molar-refractivity contribution >= 4 is 16.7 Å². The van der Waals surface area contributed by atoms with Gasteiger partial charge in [0.05, 0.1) is 0 Å². The maximum Gasteiger partial charge on any atom is 0.202 e. The molecule has 0 bridgehead atoms. The minimum atomic E-state index is -0.782. The Bertz CT molecular complexity index is 324. The molecule has 0 fully saturated rings. The monoisotopic (exact) mass is 229 g/mol. The molecule has 1 aromatic rings. The molecule has 15 heavy (non-hydrogen) atoms. The van der Waals surface area contributed by atoms with Gasteiger partial charge in [-0.3, -0.25) is 4.21 Å². The normalized spacial score (nSPS) is 14.9. The van der Waals surface area contributed by atoms with Gasteiger partial charge in [0.2, 0.25) is 5.95 Å². The van der Waals surface area contributed by atoms with Gasteiger partial charge in [-0.1, -0.05) is 6.92 Å². The number of rotatable bonds is 6. The predicted molar refractivity (Wildman–Crippen MR) is 64.5 cm³/mol. The molecule has 0 aromatic carbocycles. The lowest BCUT2D eigenvalue weighted by atomic mass is 10.4. The Balaban J connectivity index is 2.49. The van der Waals surface area contributed by atoms with Crippen LogP contribution in [0.25, 0.3) is 0 Å². The van der Waals surface area contributed by atoms with Crippen LogP contribution < -0.4 is 5.32 Å². The third kappa shape index (κ3) is 3.66. The van der Waals surface area contributed by atoms with E-state index < -0.39 is 10.8 Å². The lowest BCUT2D eigenvalue weighted by molar-refractivity contribution is 0.672. The lowest BCUT2D eigenvalue weighted by Gasteiger charge is -2.11. The molecule has 0 saturated heterocycles. The molecule has 0 aliphatic carbocycles. The van der Waals surface area contributed by atoms with E-state index in [1.807, 2.05) is 13.1 Å². The van der Waals surface area contributed by atoms with Gasteiger partial charge < -0.3 is 9.88 Å². The van der Waals surface area contributed by atoms with Crippen molar-refractivity contribution in [2.75, 3.05) is 18.1 Å². The van der Waals surface area contributed by atoms with Gasteiger partial charge in [-0.05, 0) is 13.3 Å². The minimum absolute atomic E-state index is 0.150. The van der Waals surface area contributed by atoms with Crippen LogP contribution in [0.3, 0.4) is 0 Å². The van der Waals surface area contributed by atoms with Crippen molar-refractivity contribution < 1.29 is 4.21 Å². The van der Waals surface area contributed by atoms with Gasteiger partial charge >= 0.3 is 0 Å². The van der Waals surface area contributed by atoms with Crippen molar-refractivity contribution in [3.63, 3.8) is 0 Å². The van der Waals surface area contributed by atoms with Crippen molar-refractivity contribution in [2.45, 2.75) is 32.1 Å². The standard InChI is InChI=1S/C10H19N3OS/c1-4-6-13-7-5-11-10(13)12-8-9(2)15(3)14/h5,7,9H,4,6,8H2,1-3H3,(H,11,12). The molecule has 86 valence electrons. The van der Waals surface area contributed by atoms with E-state index in [1.165, 1.54) is 0 Å². The Morgan fingerprint density at radius 3 is 3.00 bits per heavy atom. The molecule has 0 aliphatic rings. The quantitative estimate of drug-likeness (QED) is 0.803. The molecule has 2 atom stereocenters. The smallest absolute Gasteiger partial charge is 0.202 e. The van der Waals surface area contributed by atoms with Crippen LogP contribution in [-0.4, -0.2) is 31.8 Å². The maximum atomic E-state index is 11.2. The predicted octanol–water partition coefficient (Wildman–Crippen LogP) is 1.47. The topological polar surface area (TPSA) is 46.9 Å². The number of nitrogens with one attached hydrogen (secondary N) is 1. The van der Waals surface area contributed by atoms with Crippen LogP contribution in [0.4, 0.5) is 5.95 Å². The van der Waals surface area contributed by atoms with Crippen LogP contribution in [0, 0.1) is 0 Å². The first kappa shape index (κ1) is 12.2. The molecule has 0 amide bonds. The number of aromatic nitrogens is 2. The van der Waals surface area contributed by atoms with E-state index in [0.717, 1.165) is 18.9 Å². The zero-order chi connectivity index (χ0) is 11.3. The minimum Gasteiger partial charge on any atom is -0.354 e. The molecule has 1 rings (SSSR count). The Morgan fingerprint density at radius 1 is 1.67 bits per heavy atom. The van der Waals surface area contributed by atoms with E-state index in [-0.39, 0.29) is 5.25 Å². The molecule has 0 radical (unpaired) electrons. The molecule has 4 nitrogen and oxygen atoms in total. The Morgan fingerprint density at radius 2 is 2.40 bits per heavy atom. The molecule has 0 spiro atoms. The molecule has 0 aliphatic heterocycles. The first-order valence-corrected chi connectivity index (χ1v) is 6.84. The summed E-state index contributed by atoms with van der Waals surface area (Å²) >= 11 is 0. The van der Waals surface area contributed by atoms with Crippen molar-refractivity contribution in [3.8, 4) is 0 Å². The summed E-state index contributed by atoms with van der Waals surface area (Å²) in [6.45, 7) is 5.76. The summed E-state index contributed by atoms with van der Waals surface area (Å²) in [6.07, 6.45) is 6.55. The van der Waals surface area contributed by atoms with Gasteiger partial charge in [0.25, 0.3) is 0 Å². The molecular formula is C10H19N3OS. The number of nitrogens with zero attached hydrogens (tertiary/aromatic N) is 2. The van der Waals surface area contributed by atoms with Crippen molar-refractivity contribution in [1.29, 1.82) is 0 Å². The number of imidazole rings is 1. The van der Waals surface area contributed by atoms with Gasteiger partial charge in [-0.15, -0.1) is 0 Å². The van der Waals surface area contributed by atoms with E-state index in [2.05, 4.69) is 21.8 Å². The molecule has 0 saturated carbocycles. The number of hydrogen-bond donors (Lipinski definition) is 1. The number of anilines is 1. The summed E-state index contributed by atoms with van der Waals surface area (Å²) in [6, 6.07) is 0. The van der Waals surface area contributed by atoms with Crippen LogP contribution in [0.2, 0.25) is 0 Å². The second kappa shape index (κ2) is 5.90. The molecule has 1 heterocycles. The Hall–Kier alpha value is -0.840. The molecule has 2 unspecified atom stereocenters. The van der Waals surface area contributed by atoms with Crippen LogP contribution in [0.5, 0.6) is 0 Å². The van der Waals surface area contributed by atoms with Gasteiger partial charge in [-0.25, -0.2) is 4.98 Å². The summed E-state index contributed by atoms with van der Waals surface area (Å²) in [4.78, 5) is 4.22. The van der Waals surface area contributed by atoms with Crippen molar-refractivity contribution in [1.82, 2.24) is 9.55 Å². The average Bonchev–Trinajstić information content (AvgIpc) is 2.62. The average molecular weight is 229 g/mol. The van der Waals surface area contributed by atoms with Crippen LogP contribution in [0.1, 0.15) is 20.3 Å². The van der Waals surface area contributed by atoms with Crippen LogP contribution in [0.15, 0.2) is 12.4 Å². The highest BCUT2D eigenvalue weighted by Gasteiger charge is 2.07. The summed E-state index contributed by atoms with van der Waals surface area (Å²) < 4.78 is 13.2. The van der Waals surface area contributed by atoms with E-state index in [9.17, 15) is 4.21 Å². The highest BCUT2D eigenvalue weighted by molar-refractivity contribution is 7.84. The summed E-state index contributed by atoms with van der Waals surface area (Å²) in [5.41, 5.74) is 0. The van der Waals surface area contributed by atoms with E-state index >= 15 is 0 Å². The SMILES string of the molecule is CCCn1ccnc1NCC(C)S(C)=O. The van der Waals surface area contributed by atoms with Crippen molar-refractivity contribution in [3.05, 3.63) is 12.4 Å². The second-order valence-corrected chi connectivity index (χ2v) is 5.44. The third-order valence-corrected chi connectivity index (χ3v) is 3.59. The molecular weight excluding hydrogens is 210 g/mol. The first-order valence-electron chi connectivity index (χ1n) is 5.22. The zero-order valence-electron chi connectivity index (χ0n) is 9.56. The van der Waals surface area contributed by atoms with E-state index in [1.54, 1.807) is 12.5 Å². The third-order valence-electron chi connectivity index (χ3n) is 2.29. The van der Waals surface area contributed by atoms with Crippen molar-refractivity contribution in [2.24, 2.45) is 0 Å². The van der Waals surface area contributed by atoms with Crippen LogP contribution >= 0.6 is 0 Å². The summed E-state index contributed by atoms with van der Waals surface area (Å²) in [5, 5.41) is 3.37. The summed E-state index contributed by atoms with van der Waals surface area (Å²) in [7, 11) is -0.782. The highest BCUT2D eigenvalue weighted by Crippen LogP contribution is 2.05. The van der Waals surface area contributed by atoms with E-state index in [0.29, 0.717) is 6.54 Å². The fourth-order valence-corrected chi connectivity index (χ4v) is 1.57. The Labute approximate surface area is 93.5 Å². The first-order chi connectivity index (χ1) is 7.15. The lowest BCUT2D eigenvalue weighted by Crippen LogP contribution is -2.22. The fourth-order valence-electron chi connectivity index (χ4n) is 1.25. The fraction of sp³-hybridized carbons (Fsp3) is 0.700. The second-order valence-electron chi connectivity index (χ2n) is 3.63. The Kier molecular flexibility index (Phi) is 4.81. The van der Waals surface area contributed by atoms with E-state index in [4.69, 9.17) is 0 Å². The molecule has 5 heteroatoms. The van der Waals surface area contributed by atoms with Gasteiger partial charge in [0.15, 0.2) is 0 Å². The molecule has 1 N–H and O–H groups in total. The molecule has 1 aromatic heterocycles. The number of aryl methyl sites for hydroxylation is 1. The van der Waals surface area contributed by atoms with Gasteiger partial charge in [-0.2, -0.15) is 0 Å². The largest absolute Gasteiger partial charge is 0.354 e. The van der Waals surface area contributed by atoms with Gasteiger partial charge in [0.1, 0.15) is 0 Å².